The number of anilines is 1. The normalized spacial score (nSPS) is 13.0. The average molecular weight is 501 g/mol. The molecule has 3 N–H and O–H groups in total. The number of ether oxygens (including phenoxy) is 2. The van der Waals surface area contributed by atoms with Gasteiger partial charge in [0, 0.05) is 11.5 Å². The highest BCUT2D eigenvalue weighted by Crippen LogP contribution is 2.28. The number of amides is 1. The lowest BCUT2D eigenvalue weighted by Gasteiger charge is -2.29. The minimum atomic E-state index is -1.08. The minimum Gasteiger partial charge on any atom is -0.492 e. The van der Waals surface area contributed by atoms with Gasteiger partial charge < -0.3 is 25.2 Å². The number of aliphatic hydroxyl groups excluding tert-OH is 1. The van der Waals surface area contributed by atoms with E-state index in [0.29, 0.717) is 11.3 Å². The standard InChI is InChI=1S/C27H37FN4O4/c1-17-20-10-9-19(15-23(20)32(30-17)26(2,3)4)35-13-12-31(25(34)36-27(5,6)7)16-24(33)18-8-11-21(28)22(29)14-18/h8-11,14-15,24,33H,12-13,16,29H2,1-7H3/t24-/m0/s1. The first kappa shape index (κ1) is 27.3. The summed E-state index contributed by atoms with van der Waals surface area (Å²) in [6.07, 6.45) is -1.67. The monoisotopic (exact) mass is 500 g/mol. The SMILES string of the molecule is Cc1nn(C(C)(C)C)c2cc(OCCN(C[C@H](O)c3ccc(F)c(N)c3)C(=O)OC(C)(C)C)ccc12. The van der Waals surface area contributed by atoms with E-state index in [0.717, 1.165) is 16.6 Å². The van der Waals surface area contributed by atoms with Gasteiger partial charge in [0.1, 0.15) is 23.8 Å². The van der Waals surface area contributed by atoms with E-state index in [1.807, 2.05) is 29.8 Å². The Labute approximate surface area is 211 Å². The number of aliphatic hydroxyl groups is 1. The van der Waals surface area contributed by atoms with Gasteiger partial charge in [0.05, 0.1) is 41.6 Å². The number of aromatic nitrogens is 2. The molecule has 0 unspecified atom stereocenters. The number of carbonyl (C=O) groups is 1. The third-order valence-electron chi connectivity index (χ3n) is 5.55. The summed E-state index contributed by atoms with van der Waals surface area (Å²) in [4.78, 5) is 14.2. The number of aryl methyl sites for hydroxylation is 1. The highest BCUT2D eigenvalue weighted by Gasteiger charge is 2.25. The summed E-state index contributed by atoms with van der Waals surface area (Å²) in [5, 5.41) is 16.4. The highest BCUT2D eigenvalue weighted by molar-refractivity contribution is 5.83. The van der Waals surface area contributed by atoms with E-state index in [1.165, 1.54) is 23.1 Å². The number of hydrogen-bond donors (Lipinski definition) is 2. The van der Waals surface area contributed by atoms with Gasteiger partial charge in [-0.05, 0) is 78.3 Å². The summed E-state index contributed by atoms with van der Waals surface area (Å²) in [6, 6.07) is 9.78. The van der Waals surface area contributed by atoms with Gasteiger partial charge in [-0.3, -0.25) is 4.68 Å². The van der Waals surface area contributed by atoms with Crippen molar-refractivity contribution < 1.29 is 23.8 Å². The number of benzene rings is 2. The molecule has 0 aliphatic carbocycles. The van der Waals surface area contributed by atoms with Crippen LogP contribution in [0.15, 0.2) is 36.4 Å². The van der Waals surface area contributed by atoms with Crippen LogP contribution < -0.4 is 10.5 Å². The van der Waals surface area contributed by atoms with Crippen molar-refractivity contribution >= 4 is 22.7 Å². The largest absolute Gasteiger partial charge is 0.492 e. The first-order chi connectivity index (χ1) is 16.7. The number of carbonyl (C=O) groups excluding carboxylic acids is 1. The van der Waals surface area contributed by atoms with Gasteiger partial charge in [0.25, 0.3) is 0 Å². The molecule has 3 rings (SSSR count). The molecular formula is C27H37FN4O4. The van der Waals surface area contributed by atoms with Crippen LogP contribution >= 0.6 is 0 Å². The fourth-order valence-corrected chi connectivity index (χ4v) is 3.79. The Kier molecular flexibility index (Phi) is 7.83. The average Bonchev–Trinajstić information content (AvgIpc) is 3.10. The lowest BCUT2D eigenvalue weighted by molar-refractivity contribution is 0.0117. The van der Waals surface area contributed by atoms with Crippen molar-refractivity contribution in [1.82, 2.24) is 14.7 Å². The summed E-state index contributed by atoms with van der Waals surface area (Å²) in [5.41, 5.74) is 6.97. The van der Waals surface area contributed by atoms with E-state index in [-0.39, 0.29) is 30.9 Å². The molecule has 2 aromatic carbocycles. The lowest BCUT2D eigenvalue weighted by atomic mass is 10.1. The van der Waals surface area contributed by atoms with Crippen molar-refractivity contribution in [1.29, 1.82) is 0 Å². The van der Waals surface area contributed by atoms with E-state index in [1.54, 1.807) is 20.8 Å². The van der Waals surface area contributed by atoms with E-state index in [2.05, 4.69) is 25.9 Å². The molecule has 196 valence electrons. The molecule has 9 heteroatoms. The zero-order valence-electron chi connectivity index (χ0n) is 22.1. The number of rotatable bonds is 7. The van der Waals surface area contributed by atoms with Crippen molar-refractivity contribution in [2.75, 3.05) is 25.4 Å². The Balaban J connectivity index is 1.75. The van der Waals surface area contributed by atoms with Gasteiger partial charge in [0.15, 0.2) is 0 Å². The number of nitrogen functional groups attached to an aromatic ring is 1. The van der Waals surface area contributed by atoms with Crippen LogP contribution in [0.1, 0.15) is 58.9 Å². The van der Waals surface area contributed by atoms with Crippen molar-refractivity contribution in [3.05, 3.63) is 53.5 Å². The van der Waals surface area contributed by atoms with Crippen LogP contribution in [-0.4, -0.2) is 51.2 Å². The third kappa shape index (κ3) is 6.66. The summed E-state index contributed by atoms with van der Waals surface area (Å²) in [7, 11) is 0. The summed E-state index contributed by atoms with van der Waals surface area (Å²) < 4.78 is 27.0. The summed E-state index contributed by atoms with van der Waals surface area (Å²) in [5.74, 6) is 0.0761. The zero-order valence-corrected chi connectivity index (χ0v) is 22.1. The Morgan fingerprint density at radius 3 is 2.47 bits per heavy atom. The number of nitrogens with zero attached hydrogens (tertiary/aromatic N) is 3. The van der Waals surface area contributed by atoms with Gasteiger partial charge in [0.2, 0.25) is 0 Å². The van der Waals surface area contributed by atoms with Crippen LogP contribution in [0.5, 0.6) is 5.75 Å². The smallest absolute Gasteiger partial charge is 0.410 e. The Morgan fingerprint density at radius 1 is 1.17 bits per heavy atom. The van der Waals surface area contributed by atoms with Crippen LogP contribution in [0.4, 0.5) is 14.9 Å². The molecule has 1 aromatic heterocycles. The van der Waals surface area contributed by atoms with E-state index in [4.69, 9.17) is 15.2 Å². The number of nitrogens with two attached hydrogens (primary N) is 1. The fourth-order valence-electron chi connectivity index (χ4n) is 3.79. The van der Waals surface area contributed by atoms with Crippen LogP contribution in [0.25, 0.3) is 10.9 Å². The predicted molar refractivity (Wildman–Crippen MR) is 139 cm³/mol. The Bertz CT molecular complexity index is 1230. The fraction of sp³-hybridized carbons (Fsp3) is 0.481. The molecule has 36 heavy (non-hydrogen) atoms. The van der Waals surface area contributed by atoms with Gasteiger partial charge in [-0.1, -0.05) is 6.07 Å². The molecule has 0 spiro atoms. The molecule has 1 amide bonds. The quantitative estimate of drug-likeness (QED) is 0.434. The lowest BCUT2D eigenvalue weighted by Crippen LogP contribution is -2.41. The molecule has 8 nitrogen and oxygen atoms in total. The molecule has 0 radical (unpaired) electrons. The number of halogens is 1. The second-order valence-electron chi connectivity index (χ2n) is 10.9. The van der Waals surface area contributed by atoms with Crippen LogP contribution in [0.3, 0.4) is 0 Å². The summed E-state index contributed by atoms with van der Waals surface area (Å²) in [6.45, 7) is 13.8. The Hall–Kier alpha value is -3.33. The third-order valence-corrected chi connectivity index (χ3v) is 5.55. The van der Waals surface area contributed by atoms with Crippen molar-refractivity contribution in [3.8, 4) is 5.75 Å². The van der Waals surface area contributed by atoms with Crippen molar-refractivity contribution in [2.24, 2.45) is 0 Å². The maximum Gasteiger partial charge on any atom is 0.410 e. The molecule has 1 atom stereocenters. The van der Waals surface area contributed by atoms with E-state index < -0.39 is 23.6 Å². The molecule has 0 aliphatic rings. The molecular weight excluding hydrogens is 463 g/mol. The Morgan fingerprint density at radius 2 is 1.86 bits per heavy atom. The molecule has 0 aliphatic heterocycles. The predicted octanol–water partition coefficient (Wildman–Crippen LogP) is 5.17. The number of fused-ring (bicyclic) bond motifs is 1. The zero-order chi connectivity index (χ0) is 26.8. The minimum absolute atomic E-state index is 0.0705. The number of hydrogen-bond acceptors (Lipinski definition) is 6. The molecule has 1 heterocycles. The molecule has 3 aromatic rings. The maximum atomic E-state index is 13.5. The van der Waals surface area contributed by atoms with Crippen molar-refractivity contribution in [3.63, 3.8) is 0 Å². The molecule has 0 saturated carbocycles. The summed E-state index contributed by atoms with van der Waals surface area (Å²) >= 11 is 0. The van der Waals surface area contributed by atoms with E-state index in [9.17, 15) is 14.3 Å². The topological polar surface area (TPSA) is 103 Å². The van der Waals surface area contributed by atoms with Crippen molar-refractivity contribution in [2.45, 2.75) is 65.7 Å². The van der Waals surface area contributed by atoms with Gasteiger partial charge in [-0.15, -0.1) is 0 Å². The second-order valence-corrected chi connectivity index (χ2v) is 10.9. The van der Waals surface area contributed by atoms with Gasteiger partial charge in [-0.25, -0.2) is 9.18 Å². The van der Waals surface area contributed by atoms with Gasteiger partial charge in [-0.2, -0.15) is 5.10 Å². The molecule has 0 bridgehead atoms. The second kappa shape index (κ2) is 10.3. The first-order valence-electron chi connectivity index (χ1n) is 12.0. The maximum absolute atomic E-state index is 13.5. The van der Waals surface area contributed by atoms with Crippen LogP contribution in [0, 0.1) is 12.7 Å². The first-order valence-corrected chi connectivity index (χ1v) is 12.0. The van der Waals surface area contributed by atoms with Gasteiger partial charge >= 0.3 is 6.09 Å². The highest BCUT2D eigenvalue weighted by atomic mass is 19.1. The van der Waals surface area contributed by atoms with Crippen LogP contribution in [0.2, 0.25) is 0 Å². The molecule has 0 fully saturated rings. The van der Waals surface area contributed by atoms with Crippen LogP contribution in [-0.2, 0) is 10.3 Å². The molecule has 0 saturated heterocycles. The van der Waals surface area contributed by atoms with E-state index >= 15 is 0 Å².